The molecule has 0 aliphatic rings. The maximum absolute atomic E-state index is 5.89. The van der Waals surface area contributed by atoms with Crippen LogP contribution in [0.3, 0.4) is 0 Å². The minimum atomic E-state index is 0.598. The smallest absolute Gasteiger partial charge is 0.134 e. The molecule has 0 saturated heterocycles. The van der Waals surface area contributed by atoms with Crippen LogP contribution in [0, 0.1) is 18.8 Å². The van der Waals surface area contributed by atoms with Gasteiger partial charge in [-0.1, -0.05) is 32.4 Å². The Bertz CT molecular complexity index is 527. The van der Waals surface area contributed by atoms with E-state index >= 15 is 0 Å². The molecule has 0 spiro atoms. The second kappa shape index (κ2) is 6.25. The Morgan fingerprint density at radius 1 is 1.11 bits per heavy atom. The zero-order valence-electron chi connectivity index (χ0n) is 12.5. The lowest BCUT2D eigenvalue weighted by atomic mass is 10.1. The third kappa shape index (κ3) is 4.10. The molecule has 0 radical (unpaired) electrons. The van der Waals surface area contributed by atoms with Crippen LogP contribution in [0.1, 0.15) is 32.1 Å². The summed E-state index contributed by atoms with van der Waals surface area (Å²) in [5, 5.41) is 4.73. The van der Waals surface area contributed by atoms with E-state index < -0.39 is 0 Å². The maximum atomic E-state index is 5.89. The number of hydrogen-bond donors (Lipinski definition) is 1. The number of rotatable bonds is 6. The minimum absolute atomic E-state index is 0.598. The fraction of sp³-hybridized carbons (Fsp3) is 0.529. The third-order valence-electron chi connectivity index (χ3n) is 3.32. The van der Waals surface area contributed by atoms with E-state index in [1.807, 2.05) is 0 Å². The molecule has 2 aromatic rings. The zero-order valence-corrected chi connectivity index (χ0v) is 12.5. The summed E-state index contributed by atoms with van der Waals surface area (Å²) in [6, 6.07) is 8.53. The first kappa shape index (κ1) is 14.1. The van der Waals surface area contributed by atoms with Gasteiger partial charge in [-0.25, -0.2) is 0 Å². The van der Waals surface area contributed by atoms with E-state index in [1.165, 1.54) is 10.9 Å². The monoisotopic (exact) mass is 259 g/mol. The van der Waals surface area contributed by atoms with Crippen molar-refractivity contribution >= 4 is 11.0 Å². The Morgan fingerprint density at radius 3 is 2.63 bits per heavy atom. The van der Waals surface area contributed by atoms with Crippen LogP contribution >= 0.6 is 0 Å². The molecule has 104 valence electrons. The van der Waals surface area contributed by atoms with Crippen LogP contribution < -0.4 is 5.32 Å². The number of aryl methyl sites for hydroxylation is 1. The van der Waals surface area contributed by atoms with Gasteiger partial charge in [0.1, 0.15) is 11.3 Å². The lowest BCUT2D eigenvalue weighted by Crippen LogP contribution is -2.26. The van der Waals surface area contributed by atoms with Gasteiger partial charge in [0.15, 0.2) is 0 Å². The van der Waals surface area contributed by atoms with Gasteiger partial charge in [-0.2, -0.15) is 0 Å². The first-order valence-electron chi connectivity index (χ1n) is 7.24. The van der Waals surface area contributed by atoms with E-state index in [2.05, 4.69) is 57.3 Å². The van der Waals surface area contributed by atoms with Crippen molar-refractivity contribution in [3.05, 3.63) is 35.6 Å². The highest BCUT2D eigenvalue weighted by molar-refractivity contribution is 5.78. The summed E-state index contributed by atoms with van der Waals surface area (Å²) in [4.78, 5) is 0. The fourth-order valence-corrected chi connectivity index (χ4v) is 2.35. The van der Waals surface area contributed by atoms with Crippen molar-refractivity contribution < 1.29 is 4.42 Å². The van der Waals surface area contributed by atoms with Gasteiger partial charge < -0.3 is 9.73 Å². The largest absolute Gasteiger partial charge is 0.461 e. The second-order valence-corrected chi connectivity index (χ2v) is 6.12. The number of furan rings is 1. The molecule has 2 rings (SSSR count). The van der Waals surface area contributed by atoms with E-state index in [4.69, 9.17) is 4.42 Å². The normalized spacial score (nSPS) is 13.3. The highest BCUT2D eigenvalue weighted by atomic mass is 16.3. The molecule has 0 bridgehead atoms. The third-order valence-corrected chi connectivity index (χ3v) is 3.32. The first-order valence-corrected chi connectivity index (χ1v) is 7.24. The SMILES string of the molecule is Cc1ccc2oc(CC(C)CNCC(C)C)cc2c1. The molecule has 19 heavy (non-hydrogen) atoms. The van der Waals surface area contributed by atoms with Gasteiger partial charge >= 0.3 is 0 Å². The molecule has 2 nitrogen and oxygen atoms in total. The van der Waals surface area contributed by atoms with Crippen molar-refractivity contribution in [2.24, 2.45) is 11.8 Å². The Labute approximate surface area is 116 Å². The van der Waals surface area contributed by atoms with Gasteiger partial charge in [0.05, 0.1) is 0 Å². The Hall–Kier alpha value is -1.28. The van der Waals surface area contributed by atoms with Gasteiger partial charge in [0.2, 0.25) is 0 Å². The van der Waals surface area contributed by atoms with E-state index in [1.54, 1.807) is 0 Å². The van der Waals surface area contributed by atoms with Gasteiger partial charge in [-0.15, -0.1) is 0 Å². The van der Waals surface area contributed by atoms with E-state index in [9.17, 15) is 0 Å². The van der Waals surface area contributed by atoms with Crippen molar-refractivity contribution in [3.8, 4) is 0 Å². The molecule has 0 fully saturated rings. The molecule has 0 aliphatic heterocycles. The van der Waals surface area contributed by atoms with Crippen molar-refractivity contribution in [1.82, 2.24) is 5.32 Å². The molecule has 1 atom stereocenters. The highest BCUT2D eigenvalue weighted by Gasteiger charge is 2.09. The van der Waals surface area contributed by atoms with Crippen molar-refractivity contribution in [2.75, 3.05) is 13.1 Å². The van der Waals surface area contributed by atoms with Crippen LogP contribution in [0.2, 0.25) is 0 Å². The van der Waals surface area contributed by atoms with Crippen molar-refractivity contribution in [2.45, 2.75) is 34.1 Å². The summed E-state index contributed by atoms with van der Waals surface area (Å²) in [5.74, 6) is 2.40. The predicted molar refractivity (Wildman–Crippen MR) is 81.5 cm³/mol. The molecule has 0 saturated carbocycles. The molecule has 1 heterocycles. The Kier molecular flexibility index (Phi) is 4.65. The molecule has 1 unspecified atom stereocenters. The Balaban J connectivity index is 1.93. The predicted octanol–water partition coefficient (Wildman–Crippen LogP) is 4.17. The quantitative estimate of drug-likeness (QED) is 0.842. The Morgan fingerprint density at radius 2 is 1.89 bits per heavy atom. The molecule has 0 amide bonds. The van der Waals surface area contributed by atoms with E-state index in [0.717, 1.165) is 30.9 Å². The van der Waals surface area contributed by atoms with E-state index in [0.29, 0.717) is 11.8 Å². The van der Waals surface area contributed by atoms with Crippen LogP contribution in [-0.4, -0.2) is 13.1 Å². The molecular weight excluding hydrogens is 234 g/mol. The summed E-state index contributed by atoms with van der Waals surface area (Å²) in [5.41, 5.74) is 2.29. The molecule has 1 N–H and O–H groups in total. The fourth-order valence-electron chi connectivity index (χ4n) is 2.35. The first-order chi connectivity index (χ1) is 9.04. The number of hydrogen-bond acceptors (Lipinski definition) is 2. The maximum Gasteiger partial charge on any atom is 0.134 e. The van der Waals surface area contributed by atoms with Gasteiger partial charge in [-0.05, 0) is 50.0 Å². The summed E-state index contributed by atoms with van der Waals surface area (Å²) in [6.45, 7) is 11.0. The summed E-state index contributed by atoms with van der Waals surface area (Å²) in [7, 11) is 0. The van der Waals surface area contributed by atoms with Gasteiger partial charge in [0.25, 0.3) is 0 Å². The van der Waals surface area contributed by atoms with E-state index in [-0.39, 0.29) is 0 Å². The topological polar surface area (TPSA) is 25.2 Å². The average molecular weight is 259 g/mol. The second-order valence-electron chi connectivity index (χ2n) is 6.12. The highest BCUT2D eigenvalue weighted by Crippen LogP contribution is 2.22. The van der Waals surface area contributed by atoms with Crippen LogP contribution in [0.4, 0.5) is 0 Å². The molecular formula is C17H25NO. The van der Waals surface area contributed by atoms with Gasteiger partial charge in [-0.3, -0.25) is 0 Å². The minimum Gasteiger partial charge on any atom is -0.461 e. The van der Waals surface area contributed by atoms with Crippen LogP contribution in [-0.2, 0) is 6.42 Å². The van der Waals surface area contributed by atoms with Crippen molar-refractivity contribution in [3.63, 3.8) is 0 Å². The number of benzene rings is 1. The van der Waals surface area contributed by atoms with Crippen LogP contribution in [0.15, 0.2) is 28.7 Å². The van der Waals surface area contributed by atoms with Crippen LogP contribution in [0.25, 0.3) is 11.0 Å². The summed E-state index contributed by atoms with van der Waals surface area (Å²) in [6.07, 6.45) is 0.999. The number of nitrogens with one attached hydrogen (secondary N) is 1. The molecule has 1 aromatic carbocycles. The molecule has 0 aliphatic carbocycles. The van der Waals surface area contributed by atoms with Crippen LogP contribution in [0.5, 0.6) is 0 Å². The number of fused-ring (bicyclic) bond motifs is 1. The zero-order chi connectivity index (χ0) is 13.8. The molecule has 2 heteroatoms. The lowest BCUT2D eigenvalue weighted by Gasteiger charge is -2.12. The average Bonchev–Trinajstić information content (AvgIpc) is 2.69. The summed E-state index contributed by atoms with van der Waals surface area (Å²) >= 11 is 0. The lowest BCUT2D eigenvalue weighted by molar-refractivity contribution is 0.438. The molecule has 1 aromatic heterocycles. The van der Waals surface area contributed by atoms with Crippen molar-refractivity contribution in [1.29, 1.82) is 0 Å². The summed E-state index contributed by atoms with van der Waals surface area (Å²) < 4.78 is 5.89. The van der Waals surface area contributed by atoms with Gasteiger partial charge in [0, 0.05) is 11.8 Å². The standard InChI is InChI=1S/C17H25NO/c1-12(2)10-18-11-14(4)8-16-9-15-7-13(3)5-6-17(15)19-16/h5-7,9,12,14,18H,8,10-11H2,1-4H3.